The fourth-order valence-corrected chi connectivity index (χ4v) is 2.41. The van der Waals surface area contributed by atoms with E-state index in [1.165, 1.54) is 12.1 Å². The molecular formula is C14H17N3O4. The highest BCUT2D eigenvalue weighted by Crippen LogP contribution is 2.25. The number of hydrogen-bond donors (Lipinski definition) is 4. The topological polar surface area (TPSA) is 122 Å². The molecule has 1 aliphatic carbocycles. The highest BCUT2D eigenvalue weighted by atomic mass is 16.4. The van der Waals surface area contributed by atoms with Crippen LogP contribution in [0, 0.1) is 5.92 Å². The molecule has 0 aromatic heterocycles. The van der Waals surface area contributed by atoms with Crippen molar-refractivity contribution < 1.29 is 19.5 Å². The summed E-state index contributed by atoms with van der Waals surface area (Å²) in [6, 6.07) is 5.68. The van der Waals surface area contributed by atoms with Gasteiger partial charge >= 0.3 is 12.0 Å². The van der Waals surface area contributed by atoms with Crippen LogP contribution in [0.4, 0.5) is 10.5 Å². The van der Waals surface area contributed by atoms with E-state index in [9.17, 15) is 14.4 Å². The SMILES string of the molecule is NC(=O)c1ccc(NC(=O)NC2CCC(C(=O)O)C2)cc1. The van der Waals surface area contributed by atoms with Crippen molar-refractivity contribution in [3.63, 3.8) is 0 Å². The van der Waals surface area contributed by atoms with E-state index in [2.05, 4.69) is 10.6 Å². The van der Waals surface area contributed by atoms with Crippen molar-refractivity contribution in [2.45, 2.75) is 25.3 Å². The first-order chi connectivity index (χ1) is 9.95. The normalized spacial score (nSPS) is 20.8. The Morgan fingerprint density at radius 2 is 1.81 bits per heavy atom. The highest BCUT2D eigenvalue weighted by molar-refractivity contribution is 5.94. The molecular weight excluding hydrogens is 274 g/mol. The summed E-state index contributed by atoms with van der Waals surface area (Å²) in [6.07, 6.45) is 1.68. The van der Waals surface area contributed by atoms with Gasteiger partial charge in [0.1, 0.15) is 0 Å². The molecule has 1 aliphatic rings. The largest absolute Gasteiger partial charge is 0.481 e. The monoisotopic (exact) mass is 291 g/mol. The fraction of sp³-hybridized carbons (Fsp3) is 0.357. The van der Waals surface area contributed by atoms with E-state index in [0.717, 1.165) is 0 Å². The lowest BCUT2D eigenvalue weighted by atomic mass is 10.1. The molecule has 1 saturated carbocycles. The van der Waals surface area contributed by atoms with Gasteiger partial charge in [0.2, 0.25) is 5.91 Å². The number of carboxylic acid groups (broad SMARTS) is 1. The van der Waals surface area contributed by atoms with E-state index < -0.39 is 17.9 Å². The van der Waals surface area contributed by atoms with Crippen LogP contribution in [0.5, 0.6) is 0 Å². The Hall–Kier alpha value is -2.57. The molecule has 0 spiro atoms. The minimum atomic E-state index is -0.818. The smallest absolute Gasteiger partial charge is 0.319 e. The van der Waals surface area contributed by atoms with E-state index in [1.807, 2.05) is 0 Å². The lowest BCUT2D eigenvalue weighted by molar-refractivity contribution is -0.141. The molecule has 5 N–H and O–H groups in total. The Bertz CT molecular complexity index is 556. The summed E-state index contributed by atoms with van der Waals surface area (Å²) < 4.78 is 0. The van der Waals surface area contributed by atoms with Gasteiger partial charge in [0.05, 0.1) is 5.92 Å². The average molecular weight is 291 g/mol. The lowest BCUT2D eigenvalue weighted by Gasteiger charge is -2.13. The summed E-state index contributed by atoms with van der Waals surface area (Å²) in [6.45, 7) is 0. The molecule has 0 bridgehead atoms. The van der Waals surface area contributed by atoms with Gasteiger partial charge in [-0.25, -0.2) is 4.79 Å². The minimum absolute atomic E-state index is 0.129. The van der Waals surface area contributed by atoms with Crippen LogP contribution in [-0.4, -0.2) is 29.1 Å². The first-order valence-corrected chi connectivity index (χ1v) is 6.66. The van der Waals surface area contributed by atoms with Crippen LogP contribution in [0.3, 0.4) is 0 Å². The molecule has 1 fully saturated rings. The van der Waals surface area contributed by atoms with Crippen molar-refractivity contribution in [2.75, 3.05) is 5.32 Å². The highest BCUT2D eigenvalue weighted by Gasteiger charge is 2.30. The second kappa shape index (κ2) is 6.25. The summed E-state index contributed by atoms with van der Waals surface area (Å²) in [5.74, 6) is -1.73. The maximum Gasteiger partial charge on any atom is 0.319 e. The number of amides is 3. The molecule has 21 heavy (non-hydrogen) atoms. The van der Waals surface area contributed by atoms with Crippen LogP contribution in [0.25, 0.3) is 0 Å². The number of primary amides is 1. The molecule has 7 nitrogen and oxygen atoms in total. The molecule has 0 heterocycles. The van der Waals surface area contributed by atoms with Crippen LogP contribution < -0.4 is 16.4 Å². The molecule has 2 atom stereocenters. The number of rotatable bonds is 4. The third kappa shape index (κ3) is 3.95. The molecule has 0 saturated heterocycles. The van der Waals surface area contributed by atoms with Crippen LogP contribution in [0.2, 0.25) is 0 Å². The molecule has 7 heteroatoms. The van der Waals surface area contributed by atoms with Crippen LogP contribution >= 0.6 is 0 Å². The Morgan fingerprint density at radius 1 is 1.14 bits per heavy atom. The molecule has 0 radical (unpaired) electrons. The molecule has 1 aromatic rings. The Kier molecular flexibility index (Phi) is 4.42. The Balaban J connectivity index is 1.85. The van der Waals surface area contributed by atoms with Crippen molar-refractivity contribution in [1.29, 1.82) is 0 Å². The van der Waals surface area contributed by atoms with Gasteiger partial charge < -0.3 is 21.5 Å². The number of carboxylic acids is 1. The van der Waals surface area contributed by atoms with Crippen LogP contribution in [0.1, 0.15) is 29.6 Å². The maximum atomic E-state index is 11.8. The standard InChI is InChI=1S/C14H17N3O4/c15-12(18)8-1-4-10(5-2-8)16-14(21)17-11-6-3-9(7-11)13(19)20/h1-2,4-5,9,11H,3,6-7H2,(H2,15,18)(H,19,20)(H2,16,17,21). The number of hydrogen-bond acceptors (Lipinski definition) is 3. The second-order valence-corrected chi connectivity index (χ2v) is 5.09. The van der Waals surface area contributed by atoms with Crippen LogP contribution in [-0.2, 0) is 4.79 Å². The van der Waals surface area contributed by atoms with E-state index in [0.29, 0.717) is 30.5 Å². The third-order valence-electron chi connectivity index (χ3n) is 3.54. The first-order valence-electron chi connectivity index (χ1n) is 6.66. The van der Waals surface area contributed by atoms with E-state index in [4.69, 9.17) is 10.8 Å². The number of benzene rings is 1. The molecule has 1 aromatic carbocycles. The molecule has 2 rings (SSSR count). The van der Waals surface area contributed by atoms with E-state index >= 15 is 0 Å². The lowest BCUT2D eigenvalue weighted by Crippen LogP contribution is -2.36. The van der Waals surface area contributed by atoms with E-state index in [-0.39, 0.29) is 12.0 Å². The summed E-state index contributed by atoms with van der Waals surface area (Å²) >= 11 is 0. The first kappa shape index (κ1) is 14.8. The zero-order valence-electron chi connectivity index (χ0n) is 11.3. The summed E-state index contributed by atoms with van der Waals surface area (Å²) in [7, 11) is 0. The Morgan fingerprint density at radius 3 is 2.33 bits per heavy atom. The van der Waals surface area contributed by atoms with Crippen molar-refractivity contribution >= 4 is 23.6 Å². The van der Waals surface area contributed by atoms with Crippen molar-refractivity contribution in [2.24, 2.45) is 11.7 Å². The van der Waals surface area contributed by atoms with Gasteiger partial charge in [-0.3, -0.25) is 9.59 Å². The van der Waals surface area contributed by atoms with Crippen LogP contribution in [0.15, 0.2) is 24.3 Å². The zero-order chi connectivity index (χ0) is 15.4. The minimum Gasteiger partial charge on any atom is -0.481 e. The van der Waals surface area contributed by atoms with Gasteiger partial charge in [-0.15, -0.1) is 0 Å². The quantitative estimate of drug-likeness (QED) is 0.665. The van der Waals surface area contributed by atoms with Gasteiger partial charge in [-0.2, -0.15) is 0 Å². The summed E-state index contributed by atoms with van der Waals surface area (Å²) in [5.41, 5.74) is 6.02. The molecule has 112 valence electrons. The third-order valence-corrected chi connectivity index (χ3v) is 3.54. The zero-order valence-corrected chi connectivity index (χ0v) is 11.3. The molecule has 3 amide bonds. The summed E-state index contributed by atoms with van der Waals surface area (Å²) in [5, 5.41) is 14.3. The summed E-state index contributed by atoms with van der Waals surface area (Å²) in [4.78, 5) is 33.6. The predicted octanol–water partition coefficient (Wildman–Crippen LogP) is 1.16. The van der Waals surface area contributed by atoms with Gasteiger partial charge in [-0.1, -0.05) is 0 Å². The predicted molar refractivity (Wildman–Crippen MR) is 75.9 cm³/mol. The Labute approximate surface area is 121 Å². The van der Waals surface area contributed by atoms with Crippen molar-refractivity contribution in [3.05, 3.63) is 29.8 Å². The van der Waals surface area contributed by atoms with E-state index in [1.54, 1.807) is 12.1 Å². The van der Waals surface area contributed by atoms with Gasteiger partial charge in [-0.05, 0) is 43.5 Å². The second-order valence-electron chi connectivity index (χ2n) is 5.09. The fourth-order valence-electron chi connectivity index (χ4n) is 2.41. The van der Waals surface area contributed by atoms with Gasteiger partial charge in [0.25, 0.3) is 0 Å². The van der Waals surface area contributed by atoms with Crippen molar-refractivity contribution in [1.82, 2.24) is 5.32 Å². The average Bonchev–Trinajstić information content (AvgIpc) is 2.87. The van der Waals surface area contributed by atoms with Crippen molar-refractivity contribution in [3.8, 4) is 0 Å². The number of carbonyl (C=O) groups is 3. The molecule has 0 aliphatic heterocycles. The maximum absolute atomic E-state index is 11.8. The number of aliphatic carboxylic acids is 1. The van der Waals surface area contributed by atoms with Gasteiger partial charge in [0.15, 0.2) is 0 Å². The van der Waals surface area contributed by atoms with Gasteiger partial charge in [0, 0.05) is 17.3 Å². The molecule has 2 unspecified atom stereocenters. The number of urea groups is 1. The number of anilines is 1. The number of nitrogens with one attached hydrogen (secondary N) is 2. The number of carbonyl (C=O) groups excluding carboxylic acids is 2. The number of nitrogens with two attached hydrogens (primary N) is 1.